The first-order valence-corrected chi connectivity index (χ1v) is 8.07. The van der Waals surface area contributed by atoms with Crippen LogP contribution >= 0.6 is 0 Å². The van der Waals surface area contributed by atoms with Gasteiger partial charge in [-0.15, -0.1) is 0 Å². The molecule has 0 saturated carbocycles. The van der Waals surface area contributed by atoms with Crippen molar-refractivity contribution in [3.05, 3.63) is 60.0 Å². The Kier molecular flexibility index (Phi) is 4.53. The Bertz CT molecular complexity index is 790. The lowest BCUT2D eigenvalue weighted by Gasteiger charge is -2.10. The molecule has 4 heteroatoms. The lowest BCUT2D eigenvalue weighted by Crippen LogP contribution is -2.01. The molecule has 0 spiro atoms. The van der Waals surface area contributed by atoms with Crippen molar-refractivity contribution in [2.75, 3.05) is 0 Å². The van der Waals surface area contributed by atoms with Crippen LogP contribution in [0.2, 0.25) is 0 Å². The van der Waals surface area contributed by atoms with Gasteiger partial charge in [0.05, 0.1) is 11.4 Å². The molecule has 2 aromatic heterocycles. The maximum absolute atomic E-state index is 5.82. The minimum absolute atomic E-state index is 0.541. The Labute approximate surface area is 137 Å². The lowest BCUT2D eigenvalue weighted by atomic mass is 9.97. The van der Waals surface area contributed by atoms with Crippen molar-refractivity contribution in [3.8, 4) is 22.4 Å². The van der Waals surface area contributed by atoms with Gasteiger partial charge in [-0.1, -0.05) is 25.1 Å². The Morgan fingerprint density at radius 2 is 1.83 bits per heavy atom. The van der Waals surface area contributed by atoms with Gasteiger partial charge in [0.2, 0.25) is 0 Å². The standard InChI is InChI=1S/C19H22N4/c1-3-17-18(15-8-10-21-11-9-15)19(23(4-2)22-17)16-7-5-6-14(12-16)13-20/h5-12H,3-4,13,20H2,1-2H3. The van der Waals surface area contributed by atoms with E-state index < -0.39 is 0 Å². The minimum Gasteiger partial charge on any atom is -0.326 e. The smallest absolute Gasteiger partial charge is 0.0763 e. The fraction of sp³-hybridized carbons (Fsp3) is 0.263. The van der Waals surface area contributed by atoms with E-state index in [9.17, 15) is 0 Å². The van der Waals surface area contributed by atoms with Crippen molar-refractivity contribution in [2.45, 2.75) is 33.4 Å². The summed E-state index contributed by atoms with van der Waals surface area (Å²) < 4.78 is 2.09. The minimum atomic E-state index is 0.541. The van der Waals surface area contributed by atoms with Gasteiger partial charge >= 0.3 is 0 Å². The highest BCUT2D eigenvalue weighted by molar-refractivity contribution is 5.83. The summed E-state index contributed by atoms with van der Waals surface area (Å²) in [7, 11) is 0. The second kappa shape index (κ2) is 6.75. The zero-order chi connectivity index (χ0) is 16.2. The van der Waals surface area contributed by atoms with Crippen molar-refractivity contribution in [1.82, 2.24) is 14.8 Å². The van der Waals surface area contributed by atoms with Gasteiger partial charge in [-0.3, -0.25) is 9.67 Å². The zero-order valence-corrected chi connectivity index (χ0v) is 13.7. The van der Waals surface area contributed by atoms with Crippen LogP contribution in [0.5, 0.6) is 0 Å². The molecule has 0 bridgehead atoms. The molecule has 4 nitrogen and oxygen atoms in total. The first kappa shape index (κ1) is 15.4. The summed E-state index contributed by atoms with van der Waals surface area (Å²) in [5.74, 6) is 0. The normalized spacial score (nSPS) is 10.9. The van der Waals surface area contributed by atoms with Crippen molar-refractivity contribution >= 4 is 0 Å². The number of pyridine rings is 1. The molecule has 0 aliphatic heterocycles. The summed E-state index contributed by atoms with van der Waals surface area (Å²) in [6, 6.07) is 12.5. The molecule has 0 atom stereocenters. The SMILES string of the molecule is CCc1nn(CC)c(-c2cccc(CN)c2)c1-c1ccncc1. The van der Waals surface area contributed by atoms with Crippen molar-refractivity contribution in [1.29, 1.82) is 0 Å². The van der Waals surface area contributed by atoms with E-state index in [1.54, 1.807) is 0 Å². The van der Waals surface area contributed by atoms with Gasteiger partial charge in [-0.2, -0.15) is 5.10 Å². The fourth-order valence-electron chi connectivity index (χ4n) is 2.95. The number of aromatic nitrogens is 3. The van der Waals surface area contributed by atoms with E-state index in [0.717, 1.165) is 41.0 Å². The predicted octanol–water partition coefficient (Wildman–Crippen LogP) is 3.65. The molecule has 1 aromatic carbocycles. The van der Waals surface area contributed by atoms with Crippen LogP contribution in [0.25, 0.3) is 22.4 Å². The Morgan fingerprint density at radius 3 is 2.48 bits per heavy atom. The predicted molar refractivity (Wildman–Crippen MR) is 93.8 cm³/mol. The van der Waals surface area contributed by atoms with Crippen LogP contribution < -0.4 is 5.73 Å². The number of rotatable bonds is 5. The van der Waals surface area contributed by atoms with Gasteiger partial charge in [0.1, 0.15) is 0 Å². The molecule has 118 valence electrons. The maximum atomic E-state index is 5.82. The van der Waals surface area contributed by atoms with Gasteiger partial charge in [0, 0.05) is 36.6 Å². The summed E-state index contributed by atoms with van der Waals surface area (Å²) in [5, 5.41) is 4.82. The van der Waals surface area contributed by atoms with Crippen molar-refractivity contribution in [2.24, 2.45) is 5.73 Å². The largest absolute Gasteiger partial charge is 0.326 e. The zero-order valence-electron chi connectivity index (χ0n) is 13.7. The quantitative estimate of drug-likeness (QED) is 0.782. The molecule has 0 radical (unpaired) electrons. The maximum Gasteiger partial charge on any atom is 0.0763 e. The Balaban J connectivity index is 2.27. The third-order valence-corrected chi connectivity index (χ3v) is 4.06. The van der Waals surface area contributed by atoms with Crippen LogP contribution in [0.4, 0.5) is 0 Å². The number of hydrogen-bond acceptors (Lipinski definition) is 3. The van der Waals surface area contributed by atoms with Crippen LogP contribution in [0.3, 0.4) is 0 Å². The molecular weight excluding hydrogens is 284 g/mol. The first-order valence-electron chi connectivity index (χ1n) is 8.07. The topological polar surface area (TPSA) is 56.7 Å². The van der Waals surface area contributed by atoms with E-state index >= 15 is 0 Å². The molecular formula is C19H22N4. The monoisotopic (exact) mass is 306 g/mol. The second-order valence-electron chi connectivity index (χ2n) is 5.48. The van der Waals surface area contributed by atoms with E-state index in [0.29, 0.717) is 6.54 Å². The third-order valence-electron chi connectivity index (χ3n) is 4.06. The molecule has 2 heterocycles. The first-order chi connectivity index (χ1) is 11.3. The van der Waals surface area contributed by atoms with Crippen molar-refractivity contribution in [3.63, 3.8) is 0 Å². The van der Waals surface area contributed by atoms with E-state index in [1.807, 2.05) is 24.5 Å². The van der Waals surface area contributed by atoms with Crippen molar-refractivity contribution < 1.29 is 0 Å². The number of nitrogens with zero attached hydrogens (tertiary/aromatic N) is 3. The second-order valence-corrected chi connectivity index (χ2v) is 5.48. The van der Waals surface area contributed by atoms with Gasteiger partial charge < -0.3 is 5.73 Å². The number of benzene rings is 1. The summed E-state index contributed by atoms with van der Waals surface area (Å²) in [6.45, 7) is 5.64. The summed E-state index contributed by atoms with van der Waals surface area (Å²) in [4.78, 5) is 4.14. The summed E-state index contributed by atoms with van der Waals surface area (Å²) >= 11 is 0. The Hall–Kier alpha value is -2.46. The number of hydrogen-bond donors (Lipinski definition) is 1. The molecule has 0 aliphatic carbocycles. The highest BCUT2D eigenvalue weighted by Crippen LogP contribution is 2.35. The van der Waals surface area contributed by atoms with E-state index in [1.165, 1.54) is 5.56 Å². The van der Waals surface area contributed by atoms with Crippen LogP contribution in [0.1, 0.15) is 25.1 Å². The van der Waals surface area contributed by atoms with E-state index in [-0.39, 0.29) is 0 Å². The fourth-order valence-corrected chi connectivity index (χ4v) is 2.95. The van der Waals surface area contributed by atoms with Gasteiger partial charge in [-0.25, -0.2) is 0 Å². The molecule has 2 N–H and O–H groups in total. The molecule has 0 amide bonds. The van der Waals surface area contributed by atoms with E-state index in [4.69, 9.17) is 10.8 Å². The molecule has 0 aliphatic rings. The average Bonchev–Trinajstić information content (AvgIpc) is 3.01. The van der Waals surface area contributed by atoms with Gasteiger partial charge in [0.25, 0.3) is 0 Å². The van der Waals surface area contributed by atoms with Crippen LogP contribution in [0, 0.1) is 0 Å². The average molecular weight is 306 g/mol. The molecule has 3 rings (SSSR count). The highest BCUT2D eigenvalue weighted by Gasteiger charge is 2.19. The highest BCUT2D eigenvalue weighted by atomic mass is 15.3. The third kappa shape index (κ3) is 2.90. The number of nitrogens with two attached hydrogens (primary N) is 1. The Morgan fingerprint density at radius 1 is 1.04 bits per heavy atom. The molecule has 0 unspecified atom stereocenters. The van der Waals surface area contributed by atoms with Gasteiger partial charge in [-0.05, 0) is 42.7 Å². The molecule has 3 aromatic rings. The van der Waals surface area contributed by atoms with Gasteiger partial charge in [0.15, 0.2) is 0 Å². The summed E-state index contributed by atoms with van der Waals surface area (Å²) in [6.07, 6.45) is 4.56. The van der Waals surface area contributed by atoms with Crippen LogP contribution in [0.15, 0.2) is 48.8 Å². The molecule has 0 saturated heterocycles. The lowest BCUT2D eigenvalue weighted by molar-refractivity contribution is 0.655. The summed E-state index contributed by atoms with van der Waals surface area (Å²) in [5.41, 5.74) is 12.7. The molecule has 23 heavy (non-hydrogen) atoms. The van der Waals surface area contributed by atoms with E-state index in [2.05, 4.69) is 47.8 Å². The number of aryl methyl sites for hydroxylation is 2. The van der Waals surface area contributed by atoms with Crippen LogP contribution in [-0.4, -0.2) is 14.8 Å². The molecule has 0 fully saturated rings. The van der Waals surface area contributed by atoms with Crippen LogP contribution in [-0.2, 0) is 19.5 Å².